The van der Waals surface area contributed by atoms with Crippen molar-refractivity contribution in [3.63, 3.8) is 0 Å². The van der Waals surface area contributed by atoms with E-state index in [-0.39, 0.29) is 12.0 Å². The molecule has 2 amide bonds. The van der Waals surface area contributed by atoms with Crippen molar-refractivity contribution in [2.75, 3.05) is 26.2 Å². The first-order chi connectivity index (χ1) is 14.1. The third-order valence-corrected chi connectivity index (χ3v) is 5.52. The number of benzene rings is 1. The standard InChI is InChI=1S/C22H35BN2O6/c1-20(2,3)30-19(27)25-13-11-24(12-14-25)18(26)16-9-8-10-17(15-16)23(29)31-22(6,7)21(4,5)28/h8-10,15,28-29H,11-14H2,1-7H3. The molecule has 1 heterocycles. The second-order valence-corrected chi connectivity index (χ2v) is 9.92. The third-order valence-electron chi connectivity index (χ3n) is 5.52. The maximum atomic E-state index is 13.0. The molecule has 1 aliphatic heterocycles. The first kappa shape index (κ1) is 25.2. The molecule has 1 fully saturated rings. The van der Waals surface area contributed by atoms with Crippen LogP contribution in [0.25, 0.3) is 0 Å². The number of rotatable bonds is 5. The molecular formula is C22H35BN2O6. The summed E-state index contributed by atoms with van der Waals surface area (Å²) < 4.78 is 11.1. The number of aliphatic hydroxyl groups is 1. The molecule has 9 heteroatoms. The summed E-state index contributed by atoms with van der Waals surface area (Å²) in [7, 11) is -1.29. The summed E-state index contributed by atoms with van der Waals surface area (Å²) in [6.07, 6.45) is -0.378. The van der Waals surface area contributed by atoms with Crippen LogP contribution in [0.2, 0.25) is 0 Å². The summed E-state index contributed by atoms with van der Waals surface area (Å²) in [4.78, 5) is 28.4. The highest BCUT2D eigenvalue weighted by atomic mass is 16.6. The van der Waals surface area contributed by atoms with E-state index >= 15 is 0 Å². The molecule has 8 nitrogen and oxygen atoms in total. The van der Waals surface area contributed by atoms with Crippen molar-refractivity contribution in [1.29, 1.82) is 0 Å². The van der Waals surface area contributed by atoms with E-state index < -0.39 is 23.9 Å². The Hall–Kier alpha value is -2.10. The van der Waals surface area contributed by atoms with Gasteiger partial charge in [0.1, 0.15) is 5.60 Å². The molecule has 0 radical (unpaired) electrons. The van der Waals surface area contributed by atoms with E-state index in [0.717, 1.165) is 0 Å². The van der Waals surface area contributed by atoms with Crippen LogP contribution in [0.3, 0.4) is 0 Å². The number of amides is 2. The van der Waals surface area contributed by atoms with Crippen molar-refractivity contribution in [2.45, 2.75) is 65.3 Å². The molecule has 0 bridgehead atoms. The zero-order chi connectivity index (χ0) is 23.6. The van der Waals surface area contributed by atoms with Crippen LogP contribution in [0.1, 0.15) is 58.8 Å². The molecule has 1 aliphatic rings. The number of carbonyl (C=O) groups excluding carboxylic acids is 2. The van der Waals surface area contributed by atoms with Crippen LogP contribution in [0.5, 0.6) is 0 Å². The second-order valence-electron chi connectivity index (χ2n) is 9.92. The van der Waals surface area contributed by atoms with Crippen molar-refractivity contribution in [3.8, 4) is 0 Å². The normalized spacial score (nSPS) is 15.6. The lowest BCUT2D eigenvalue weighted by atomic mass is 9.76. The van der Waals surface area contributed by atoms with Crippen molar-refractivity contribution in [3.05, 3.63) is 29.8 Å². The molecule has 1 saturated heterocycles. The van der Waals surface area contributed by atoms with E-state index in [1.165, 1.54) is 0 Å². The first-order valence-electron chi connectivity index (χ1n) is 10.6. The van der Waals surface area contributed by atoms with Gasteiger partial charge in [0, 0.05) is 31.7 Å². The molecule has 0 spiro atoms. The van der Waals surface area contributed by atoms with Gasteiger partial charge in [-0.3, -0.25) is 4.79 Å². The smallest absolute Gasteiger partial charge is 0.444 e. The minimum absolute atomic E-state index is 0.181. The quantitative estimate of drug-likeness (QED) is 0.684. The third kappa shape index (κ3) is 6.69. The summed E-state index contributed by atoms with van der Waals surface area (Å²) >= 11 is 0. The van der Waals surface area contributed by atoms with E-state index in [4.69, 9.17) is 9.39 Å². The lowest BCUT2D eigenvalue weighted by Gasteiger charge is -2.38. The van der Waals surface area contributed by atoms with Gasteiger partial charge in [-0.05, 0) is 66.1 Å². The van der Waals surface area contributed by atoms with Crippen LogP contribution in [-0.4, -0.2) is 82.0 Å². The summed E-state index contributed by atoms with van der Waals surface area (Å²) in [5, 5.41) is 20.8. The monoisotopic (exact) mass is 434 g/mol. The van der Waals surface area contributed by atoms with Gasteiger partial charge in [0.2, 0.25) is 0 Å². The minimum atomic E-state index is -1.29. The number of piperazine rings is 1. The molecule has 0 saturated carbocycles. The Morgan fingerprint density at radius 3 is 2.03 bits per heavy atom. The largest absolute Gasteiger partial charge is 0.491 e. The zero-order valence-electron chi connectivity index (χ0n) is 19.6. The van der Waals surface area contributed by atoms with Gasteiger partial charge in [0.15, 0.2) is 0 Å². The van der Waals surface area contributed by atoms with Crippen LogP contribution >= 0.6 is 0 Å². The van der Waals surface area contributed by atoms with Gasteiger partial charge < -0.3 is 29.3 Å². The highest BCUT2D eigenvalue weighted by Crippen LogP contribution is 2.25. The van der Waals surface area contributed by atoms with Crippen molar-refractivity contribution in [2.24, 2.45) is 0 Å². The van der Waals surface area contributed by atoms with E-state index in [0.29, 0.717) is 37.2 Å². The Morgan fingerprint density at radius 2 is 1.52 bits per heavy atom. The highest BCUT2D eigenvalue weighted by molar-refractivity contribution is 6.60. The Bertz CT molecular complexity index is 792. The molecule has 2 N–H and O–H groups in total. The van der Waals surface area contributed by atoms with Gasteiger partial charge in [-0.1, -0.05) is 12.1 Å². The lowest BCUT2D eigenvalue weighted by molar-refractivity contribution is -0.0982. The van der Waals surface area contributed by atoms with Gasteiger partial charge in [0.05, 0.1) is 11.2 Å². The Morgan fingerprint density at radius 1 is 0.968 bits per heavy atom. The number of nitrogens with zero attached hydrogens (tertiary/aromatic N) is 2. The highest BCUT2D eigenvalue weighted by Gasteiger charge is 2.39. The van der Waals surface area contributed by atoms with Crippen LogP contribution in [-0.2, 0) is 9.39 Å². The van der Waals surface area contributed by atoms with Crippen LogP contribution in [0.15, 0.2) is 24.3 Å². The Balaban J connectivity index is 2.02. The summed E-state index contributed by atoms with van der Waals surface area (Å²) in [5.41, 5.74) is -1.89. The van der Waals surface area contributed by atoms with Gasteiger partial charge >= 0.3 is 13.2 Å². The fourth-order valence-corrected chi connectivity index (χ4v) is 2.92. The summed E-state index contributed by atoms with van der Waals surface area (Å²) in [6, 6.07) is 6.62. The first-order valence-corrected chi connectivity index (χ1v) is 10.6. The number of hydrogen-bond donors (Lipinski definition) is 2. The van der Waals surface area contributed by atoms with E-state index in [9.17, 15) is 19.7 Å². The topological polar surface area (TPSA) is 99.5 Å². The maximum Gasteiger partial charge on any atom is 0.491 e. The minimum Gasteiger partial charge on any atom is -0.444 e. The van der Waals surface area contributed by atoms with Gasteiger partial charge in [-0.25, -0.2) is 4.79 Å². The average Bonchev–Trinajstić information content (AvgIpc) is 2.65. The lowest BCUT2D eigenvalue weighted by Crippen LogP contribution is -2.53. The maximum absolute atomic E-state index is 13.0. The van der Waals surface area contributed by atoms with E-state index in [1.54, 1.807) is 61.8 Å². The molecule has 1 aromatic carbocycles. The van der Waals surface area contributed by atoms with Crippen molar-refractivity contribution >= 4 is 24.6 Å². The zero-order valence-corrected chi connectivity index (χ0v) is 19.6. The van der Waals surface area contributed by atoms with Gasteiger partial charge in [0.25, 0.3) is 5.91 Å². The number of ether oxygens (including phenoxy) is 1. The predicted molar refractivity (Wildman–Crippen MR) is 119 cm³/mol. The second kappa shape index (κ2) is 9.18. The molecule has 2 rings (SSSR count). The number of carbonyl (C=O) groups is 2. The van der Waals surface area contributed by atoms with Crippen molar-refractivity contribution in [1.82, 2.24) is 9.80 Å². The van der Waals surface area contributed by atoms with Gasteiger partial charge in [-0.2, -0.15) is 0 Å². The summed E-state index contributed by atoms with van der Waals surface area (Å²) in [6.45, 7) is 13.6. The van der Waals surface area contributed by atoms with E-state index in [2.05, 4.69) is 0 Å². The van der Waals surface area contributed by atoms with Crippen LogP contribution in [0, 0.1) is 0 Å². The Kier molecular flexibility index (Phi) is 7.45. The molecule has 172 valence electrons. The fraction of sp³-hybridized carbons (Fsp3) is 0.636. The van der Waals surface area contributed by atoms with E-state index in [1.807, 2.05) is 20.8 Å². The molecule has 0 unspecified atom stereocenters. The SMILES string of the molecule is CC(C)(C)OC(=O)N1CCN(C(=O)c2cccc(B(O)OC(C)(C)C(C)(C)O)c2)CC1. The van der Waals surface area contributed by atoms with Crippen LogP contribution in [0.4, 0.5) is 4.79 Å². The molecular weight excluding hydrogens is 399 g/mol. The number of hydrogen-bond acceptors (Lipinski definition) is 6. The molecule has 1 aromatic rings. The molecule has 0 atom stereocenters. The fourth-order valence-electron chi connectivity index (χ4n) is 2.92. The average molecular weight is 434 g/mol. The Labute approximate surface area is 185 Å². The van der Waals surface area contributed by atoms with Crippen molar-refractivity contribution < 1.29 is 29.1 Å². The molecule has 0 aromatic heterocycles. The summed E-state index contributed by atoms with van der Waals surface area (Å²) in [5.74, 6) is -0.181. The van der Waals surface area contributed by atoms with Crippen LogP contribution < -0.4 is 5.46 Å². The molecule has 0 aliphatic carbocycles. The predicted octanol–water partition coefficient (Wildman–Crippen LogP) is 1.63. The molecule has 31 heavy (non-hydrogen) atoms. The van der Waals surface area contributed by atoms with Gasteiger partial charge in [-0.15, -0.1) is 0 Å².